The lowest BCUT2D eigenvalue weighted by atomic mass is 10.2. The van der Waals surface area contributed by atoms with E-state index in [1.54, 1.807) is 0 Å². The summed E-state index contributed by atoms with van der Waals surface area (Å²) in [7, 11) is 0. The van der Waals surface area contributed by atoms with E-state index >= 15 is 0 Å². The van der Waals surface area contributed by atoms with Gasteiger partial charge < -0.3 is 4.90 Å². The number of anilines is 2. The molecule has 1 heterocycles. The summed E-state index contributed by atoms with van der Waals surface area (Å²) in [5.74, 6) is 0. The predicted molar refractivity (Wildman–Crippen MR) is 75.7 cm³/mol. The first-order chi connectivity index (χ1) is 8.31. The van der Waals surface area contributed by atoms with E-state index in [0.29, 0.717) is 0 Å². The molecule has 1 aromatic heterocycles. The number of nitrogens with one attached hydrogen (secondary N) is 1. The van der Waals surface area contributed by atoms with E-state index in [1.165, 1.54) is 23.4 Å². The fourth-order valence-corrected chi connectivity index (χ4v) is 2.52. The van der Waals surface area contributed by atoms with E-state index in [-0.39, 0.29) is 0 Å². The van der Waals surface area contributed by atoms with Gasteiger partial charge in [-0.05, 0) is 30.8 Å². The fraction of sp³-hybridized carbons (Fsp3) is 0.333. The summed E-state index contributed by atoms with van der Waals surface area (Å²) in [6.45, 7) is 3.16. The molecule has 0 bridgehead atoms. The van der Waals surface area contributed by atoms with E-state index in [0.717, 1.165) is 22.1 Å². The molecule has 0 aliphatic carbocycles. The Bertz CT molecular complexity index is 504. The van der Waals surface area contributed by atoms with Gasteiger partial charge in [0.05, 0.1) is 0 Å². The average molecular weight is 265 g/mol. The maximum Gasteiger partial charge on any atom is 0.211 e. The second-order valence-electron chi connectivity index (χ2n) is 3.74. The molecule has 0 fully saturated rings. The van der Waals surface area contributed by atoms with Crippen LogP contribution in [-0.4, -0.2) is 16.7 Å². The Balaban J connectivity index is 2.28. The zero-order valence-corrected chi connectivity index (χ0v) is 11.4. The molecule has 0 aliphatic rings. The molecule has 0 spiro atoms. The maximum atomic E-state index is 5.09. The van der Waals surface area contributed by atoms with Gasteiger partial charge in [-0.3, -0.25) is 5.10 Å². The molecule has 17 heavy (non-hydrogen) atoms. The van der Waals surface area contributed by atoms with Crippen LogP contribution in [0.15, 0.2) is 30.3 Å². The summed E-state index contributed by atoms with van der Waals surface area (Å²) in [6, 6.07) is 10.3. The normalized spacial score (nSPS) is 10.4. The van der Waals surface area contributed by atoms with Gasteiger partial charge in [0.1, 0.15) is 0 Å². The standard InChI is InChI=1S/C12H15N3S2/c1-2-3-9-15(10-7-5-4-6-8-10)11-13-14-12(16)17-11/h4-8H,2-3,9H2,1H3,(H,14,16). The summed E-state index contributed by atoms with van der Waals surface area (Å²) >= 11 is 6.60. The van der Waals surface area contributed by atoms with Crippen LogP contribution >= 0.6 is 23.6 Å². The zero-order valence-electron chi connectivity index (χ0n) is 9.72. The molecule has 2 aromatic rings. The third-order valence-corrected chi connectivity index (χ3v) is 3.57. The fourth-order valence-electron chi connectivity index (χ4n) is 1.60. The molecule has 0 aliphatic heterocycles. The highest BCUT2D eigenvalue weighted by atomic mass is 32.1. The van der Waals surface area contributed by atoms with Crippen LogP contribution in [0.25, 0.3) is 0 Å². The number of hydrogen-bond donors (Lipinski definition) is 1. The number of hydrogen-bond acceptors (Lipinski definition) is 4. The lowest BCUT2D eigenvalue weighted by Gasteiger charge is -2.20. The number of aromatic nitrogens is 2. The van der Waals surface area contributed by atoms with Crippen LogP contribution < -0.4 is 4.90 Å². The third kappa shape index (κ3) is 3.14. The van der Waals surface area contributed by atoms with Crippen LogP contribution in [-0.2, 0) is 0 Å². The number of rotatable bonds is 5. The summed E-state index contributed by atoms with van der Waals surface area (Å²) in [5.41, 5.74) is 1.17. The van der Waals surface area contributed by atoms with Crippen LogP contribution in [0.2, 0.25) is 0 Å². The summed E-state index contributed by atoms with van der Waals surface area (Å²) in [4.78, 5) is 2.21. The second-order valence-corrected chi connectivity index (χ2v) is 5.38. The lowest BCUT2D eigenvalue weighted by molar-refractivity contribution is 0.780. The monoisotopic (exact) mass is 265 g/mol. The largest absolute Gasteiger partial charge is 0.316 e. The van der Waals surface area contributed by atoms with Crippen molar-refractivity contribution in [2.45, 2.75) is 19.8 Å². The van der Waals surface area contributed by atoms with Gasteiger partial charge in [-0.15, -0.1) is 5.10 Å². The molecule has 1 aromatic carbocycles. The summed E-state index contributed by atoms with van der Waals surface area (Å²) < 4.78 is 0.720. The average Bonchev–Trinajstić information content (AvgIpc) is 2.78. The number of aromatic amines is 1. The highest BCUT2D eigenvalue weighted by Gasteiger charge is 2.11. The third-order valence-electron chi connectivity index (χ3n) is 2.46. The molecule has 0 radical (unpaired) electrons. The van der Waals surface area contributed by atoms with E-state index in [1.807, 2.05) is 18.2 Å². The maximum absolute atomic E-state index is 5.09. The Morgan fingerprint density at radius 2 is 2.12 bits per heavy atom. The van der Waals surface area contributed by atoms with Crippen molar-refractivity contribution in [1.29, 1.82) is 0 Å². The lowest BCUT2D eigenvalue weighted by Crippen LogP contribution is -2.18. The Morgan fingerprint density at radius 3 is 2.71 bits per heavy atom. The van der Waals surface area contributed by atoms with Gasteiger partial charge in [0.25, 0.3) is 0 Å². The number of para-hydroxylation sites is 1. The number of unbranched alkanes of at least 4 members (excludes halogenated alkanes) is 1. The van der Waals surface area contributed by atoms with Crippen molar-refractivity contribution in [2.75, 3.05) is 11.4 Å². The van der Waals surface area contributed by atoms with Crippen LogP contribution in [0.1, 0.15) is 19.8 Å². The van der Waals surface area contributed by atoms with Crippen molar-refractivity contribution < 1.29 is 0 Å². The van der Waals surface area contributed by atoms with Crippen LogP contribution in [0.4, 0.5) is 10.8 Å². The quantitative estimate of drug-likeness (QED) is 0.825. The van der Waals surface area contributed by atoms with Gasteiger partial charge in [-0.1, -0.05) is 42.9 Å². The SMILES string of the molecule is CCCCN(c1ccccc1)c1n[nH]c(=S)s1. The summed E-state index contributed by atoms with van der Waals surface area (Å²) in [5, 5.41) is 8.04. The van der Waals surface area contributed by atoms with Crippen molar-refractivity contribution in [3.63, 3.8) is 0 Å². The molecule has 1 N–H and O–H groups in total. The van der Waals surface area contributed by atoms with Crippen LogP contribution in [0, 0.1) is 3.95 Å². The molecule has 0 saturated heterocycles. The van der Waals surface area contributed by atoms with Gasteiger partial charge in [-0.25, -0.2) is 0 Å². The van der Waals surface area contributed by atoms with Crippen molar-refractivity contribution in [3.8, 4) is 0 Å². The smallest absolute Gasteiger partial charge is 0.211 e. The topological polar surface area (TPSA) is 31.9 Å². The number of nitrogens with zero attached hydrogens (tertiary/aromatic N) is 2. The first-order valence-electron chi connectivity index (χ1n) is 5.69. The second kappa shape index (κ2) is 5.93. The molecule has 5 heteroatoms. The highest BCUT2D eigenvalue weighted by molar-refractivity contribution is 7.73. The highest BCUT2D eigenvalue weighted by Crippen LogP contribution is 2.27. The zero-order chi connectivity index (χ0) is 12.1. The van der Waals surface area contributed by atoms with Gasteiger partial charge in [0.15, 0.2) is 3.95 Å². The molecule has 0 unspecified atom stereocenters. The first-order valence-corrected chi connectivity index (χ1v) is 6.92. The Hall–Kier alpha value is -1.20. The van der Waals surface area contributed by atoms with Crippen molar-refractivity contribution in [1.82, 2.24) is 10.2 Å². The van der Waals surface area contributed by atoms with Crippen molar-refractivity contribution in [3.05, 3.63) is 34.3 Å². The number of H-pyrrole nitrogens is 1. The van der Waals surface area contributed by atoms with E-state index in [2.05, 4.69) is 34.2 Å². The molecule has 0 saturated carbocycles. The molecule has 90 valence electrons. The number of benzene rings is 1. The Labute approximate surface area is 110 Å². The molecule has 3 nitrogen and oxygen atoms in total. The minimum atomic E-state index is 0.720. The first kappa shape index (κ1) is 12.3. The molecular formula is C12H15N3S2. The minimum absolute atomic E-state index is 0.720. The van der Waals surface area contributed by atoms with Crippen LogP contribution in [0.5, 0.6) is 0 Å². The van der Waals surface area contributed by atoms with E-state index < -0.39 is 0 Å². The predicted octanol–water partition coefficient (Wildman–Crippen LogP) is 4.14. The van der Waals surface area contributed by atoms with Gasteiger partial charge in [0, 0.05) is 12.2 Å². The van der Waals surface area contributed by atoms with Crippen LogP contribution in [0.3, 0.4) is 0 Å². The molecule has 0 amide bonds. The van der Waals surface area contributed by atoms with Crippen molar-refractivity contribution >= 4 is 34.4 Å². The molecule has 2 rings (SSSR count). The van der Waals surface area contributed by atoms with Gasteiger partial charge in [0.2, 0.25) is 5.13 Å². The molecular weight excluding hydrogens is 250 g/mol. The summed E-state index contributed by atoms with van der Waals surface area (Å²) in [6.07, 6.45) is 2.31. The van der Waals surface area contributed by atoms with Gasteiger partial charge in [-0.2, -0.15) is 0 Å². The van der Waals surface area contributed by atoms with Crippen molar-refractivity contribution in [2.24, 2.45) is 0 Å². The Kier molecular flexibility index (Phi) is 4.28. The van der Waals surface area contributed by atoms with E-state index in [4.69, 9.17) is 12.2 Å². The Morgan fingerprint density at radius 1 is 1.35 bits per heavy atom. The van der Waals surface area contributed by atoms with E-state index in [9.17, 15) is 0 Å². The minimum Gasteiger partial charge on any atom is -0.316 e. The van der Waals surface area contributed by atoms with Gasteiger partial charge >= 0.3 is 0 Å². The molecule has 0 atom stereocenters.